The summed E-state index contributed by atoms with van der Waals surface area (Å²) in [5, 5.41) is 8.75. The first-order chi connectivity index (χ1) is 9.76. The summed E-state index contributed by atoms with van der Waals surface area (Å²) in [5.74, 6) is 0. The minimum atomic E-state index is 0.753. The molecule has 2 rings (SSSR count). The maximum absolute atomic E-state index is 5.95. The van der Waals surface area contributed by atoms with Crippen LogP contribution in [0.4, 0.5) is 0 Å². The van der Waals surface area contributed by atoms with Crippen molar-refractivity contribution in [2.75, 3.05) is 6.54 Å². The first kappa shape index (κ1) is 15.1. The van der Waals surface area contributed by atoms with Gasteiger partial charge in [0.05, 0.1) is 11.9 Å². The van der Waals surface area contributed by atoms with Gasteiger partial charge >= 0.3 is 0 Å². The van der Waals surface area contributed by atoms with Gasteiger partial charge in [-0.15, -0.1) is 0 Å². The van der Waals surface area contributed by atoms with Crippen LogP contribution < -0.4 is 5.32 Å². The van der Waals surface area contributed by atoms with Crippen molar-refractivity contribution in [3.63, 3.8) is 0 Å². The summed E-state index contributed by atoms with van der Waals surface area (Å²) in [6, 6.07) is 7.84. The molecule has 0 bridgehead atoms. The lowest BCUT2D eigenvalue weighted by Gasteiger charge is -2.09. The summed E-state index contributed by atoms with van der Waals surface area (Å²) in [6.07, 6.45) is 5.27. The van der Waals surface area contributed by atoms with Crippen molar-refractivity contribution in [1.29, 1.82) is 0 Å². The molecule has 0 saturated heterocycles. The van der Waals surface area contributed by atoms with E-state index < -0.39 is 0 Å². The van der Waals surface area contributed by atoms with Gasteiger partial charge in [0.25, 0.3) is 0 Å². The molecule has 1 heterocycles. The molecule has 0 saturated carbocycles. The van der Waals surface area contributed by atoms with Crippen molar-refractivity contribution < 1.29 is 0 Å². The summed E-state index contributed by atoms with van der Waals surface area (Å²) >= 11 is 5.95. The number of hydrogen-bond acceptors (Lipinski definition) is 2. The smallest absolute Gasteiger partial charge is 0.0649 e. The van der Waals surface area contributed by atoms with E-state index in [0.717, 1.165) is 43.1 Å². The van der Waals surface area contributed by atoms with Crippen molar-refractivity contribution in [2.45, 2.75) is 39.7 Å². The molecule has 1 aromatic carbocycles. The summed E-state index contributed by atoms with van der Waals surface area (Å²) in [7, 11) is 0. The van der Waals surface area contributed by atoms with Crippen LogP contribution in [0.3, 0.4) is 0 Å². The fraction of sp³-hybridized carbons (Fsp3) is 0.438. The molecule has 0 unspecified atom stereocenters. The van der Waals surface area contributed by atoms with Crippen LogP contribution in [0.5, 0.6) is 0 Å². The maximum atomic E-state index is 5.95. The summed E-state index contributed by atoms with van der Waals surface area (Å²) in [5.41, 5.74) is 3.65. The Morgan fingerprint density at radius 2 is 1.90 bits per heavy atom. The number of nitrogens with one attached hydrogen (secondary N) is 1. The van der Waals surface area contributed by atoms with Crippen LogP contribution in [-0.4, -0.2) is 16.3 Å². The van der Waals surface area contributed by atoms with Gasteiger partial charge < -0.3 is 5.32 Å². The fourth-order valence-electron chi connectivity index (χ4n) is 2.26. The predicted octanol–water partition coefficient (Wildman–Crippen LogP) is 3.98. The van der Waals surface area contributed by atoms with Crippen LogP contribution in [0.15, 0.2) is 30.5 Å². The number of benzene rings is 1. The summed E-state index contributed by atoms with van der Waals surface area (Å²) < 4.78 is 2.03. The molecule has 0 amide bonds. The Hall–Kier alpha value is -1.32. The minimum Gasteiger partial charge on any atom is -0.313 e. The van der Waals surface area contributed by atoms with Gasteiger partial charge in [-0.2, -0.15) is 5.10 Å². The van der Waals surface area contributed by atoms with Crippen molar-refractivity contribution in [1.82, 2.24) is 15.1 Å². The molecule has 20 heavy (non-hydrogen) atoms. The van der Waals surface area contributed by atoms with Gasteiger partial charge in [-0.1, -0.05) is 31.9 Å². The first-order valence-corrected chi connectivity index (χ1v) is 7.66. The number of hydrogen-bond donors (Lipinski definition) is 1. The lowest BCUT2D eigenvalue weighted by molar-refractivity contribution is 0.666. The SMILES string of the molecule is CCCNCc1cnn(-c2ccc(Cl)cc2)c1CCC. The van der Waals surface area contributed by atoms with Crippen molar-refractivity contribution in [3.05, 3.63) is 46.7 Å². The molecule has 0 aliphatic carbocycles. The van der Waals surface area contributed by atoms with E-state index in [2.05, 4.69) is 24.3 Å². The average Bonchev–Trinajstić information content (AvgIpc) is 2.84. The molecule has 0 spiro atoms. The van der Waals surface area contributed by atoms with Crippen LogP contribution in [0.1, 0.15) is 37.9 Å². The van der Waals surface area contributed by atoms with Gasteiger partial charge in [0.15, 0.2) is 0 Å². The fourth-order valence-corrected chi connectivity index (χ4v) is 2.39. The average molecular weight is 292 g/mol. The van der Waals surface area contributed by atoms with Crippen LogP contribution in [0, 0.1) is 0 Å². The highest BCUT2D eigenvalue weighted by atomic mass is 35.5. The standard InChI is InChI=1S/C16H22ClN3/c1-3-5-16-13(11-18-10-4-2)12-19-20(16)15-8-6-14(17)7-9-15/h6-9,12,18H,3-5,10-11H2,1-2H3. The molecular formula is C16H22ClN3. The predicted molar refractivity (Wildman–Crippen MR) is 84.6 cm³/mol. The minimum absolute atomic E-state index is 0.753. The van der Waals surface area contributed by atoms with E-state index in [1.54, 1.807) is 0 Å². The largest absolute Gasteiger partial charge is 0.313 e. The van der Waals surface area contributed by atoms with Crippen LogP contribution in [0.25, 0.3) is 5.69 Å². The Balaban J connectivity index is 2.25. The van der Waals surface area contributed by atoms with Crippen LogP contribution in [0.2, 0.25) is 5.02 Å². The van der Waals surface area contributed by atoms with Crippen LogP contribution >= 0.6 is 11.6 Å². The monoisotopic (exact) mass is 291 g/mol. The molecule has 0 atom stereocenters. The van der Waals surface area contributed by atoms with E-state index in [0.29, 0.717) is 0 Å². The second-order valence-electron chi connectivity index (χ2n) is 4.93. The third-order valence-electron chi connectivity index (χ3n) is 3.26. The third-order valence-corrected chi connectivity index (χ3v) is 3.51. The lowest BCUT2D eigenvalue weighted by Crippen LogP contribution is -2.15. The van der Waals surface area contributed by atoms with E-state index in [4.69, 9.17) is 11.6 Å². The zero-order chi connectivity index (χ0) is 14.4. The van der Waals surface area contributed by atoms with Gasteiger partial charge in [-0.25, -0.2) is 4.68 Å². The van der Waals surface area contributed by atoms with Crippen LogP contribution in [-0.2, 0) is 13.0 Å². The molecule has 0 radical (unpaired) electrons. The molecule has 0 aliphatic rings. The molecule has 108 valence electrons. The normalized spacial score (nSPS) is 10.9. The van der Waals surface area contributed by atoms with E-state index >= 15 is 0 Å². The molecule has 0 fully saturated rings. The molecular weight excluding hydrogens is 270 g/mol. The first-order valence-electron chi connectivity index (χ1n) is 7.28. The van der Waals surface area contributed by atoms with Gasteiger partial charge in [-0.3, -0.25) is 0 Å². The Kier molecular flexibility index (Phi) is 5.62. The van der Waals surface area contributed by atoms with Crippen molar-refractivity contribution >= 4 is 11.6 Å². The Morgan fingerprint density at radius 3 is 2.55 bits per heavy atom. The molecule has 4 heteroatoms. The summed E-state index contributed by atoms with van der Waals surface area (Å²) in [4.78, 5) is 0. The Labute approximate surface area is 126 Å². The number of halogens is 1. The number of aromatic nitrogens is 2. The van der Waals surface area contributed by atoms with Crippen molar-refractivity contribution in [3.8, 4) is 5.69 Å². The zero-order valence-electron chi connectivity index (χ0n) is 12.2. The van der Waals surface area contributed by atoms with E-state index in [1.807, 2.05) is 35.1 Å². The zero-order valence-corrected chi connectivity index (χ0v) is 13.0. The second-order valence-corrected chi connectivity index (χ2v) is 5.37. The lowest BCUT2D eigenvalue weighted by atomic mass is 10.1. The highest BCUT2D eigenvalue weighted by Crippen LogP contribution is 2.18. The quantitative estimate of drug-likeness (QED) is 0.782. The molecule has 2 aromatic rings. The van der Waals surface area contributed by atoms with Crippen molar-refractivity contribution in [2.24, 2.45) is 0 Å². The highest BCUT2D eigenvalue weighted by Gasteiger charge is 2.11. The third kappa shape index (κ3) is 3.62. The van der Waals surface area contributed by atoms with Gasteiger partial charge in [0.1, 0.15) is 0 Å². The van der Waals surface area contributed by atoms with E-state index in [1.165, 1.54) is 11.3 Å². The highest BCUT2D eigenvalue weighted by molar-refractivity contribution is 6.30. The Morgan fingerprint density at radius 1 is 1.15 bits per heavy atom. The summed E-state index contributed by atoms with van der Waals surface area (Å²) in [6.45, 7) is 6.30. The number of rotatable bonds is 7. The van der Waals surface area contributed by atoms with Gasteiger partial charge in [0, 0.05) is 22.8 Å². The topological polar surface area (TPSA) is 29.9 Å². The van der Waals surface area contributed by atoms with Gasteiger partial charge in [0.2, 0.25) is 0 Å². The second kappa shape index (κ2) is 7.46. The van der Waals surface area contributed by atoms with Gasteiger partial charge in [-0.05, 0) is 43.7 Å². The molecule has 3 nitrogen and oxygen atoms in total. The number of nitrogens with zero attached hydrogens (tertiary/aromatic N) is 2. The van der Waals surface area contributed by atoms with E-state index in [9.17, 15) is 0 Å². The molecule has 1 aromatic heterocycles. The van der Waals surface area contributed by atoms with E-state index in [-0.39, 0.29) is 0 Å². The molecule has 0 aliphatic heterocycles. The molecule has 1 N–H and O–H groups in total. The maximum Gasteiger partial charge on any atom is 0.0649 e. The Bertz CT molecular complexity index is 531.